The van der Waals surface area contributed by atoms with Crippen LogP contribution in [0.15, 0.2) is 30.6 Å². The van der Waals surface area contributed by atoms with E-state index in [0.29, 0.717) is 5.92 Å². The summed E-state index contributed by atoms with van der Waals surface area (Å²) in [5.74, 6) is 2.99. The van der Waals surface area contributed by atoms with Gasteiger partial charge in [-0.3, -0.25) is 0 Å². The summed E-state index contributed by atoms with van der Waals surface area (Å²) in [6.07, 6.45) is 20.0. The van der Waals surface area contributed by atoms with Crippen LogP contribution in [0, 0.1) is 11.8 Å². The molecule has 31 heavy (non-hydrogen) atoms. The Morgan fingerprint density at radius 3 is 2.26 bits per heavy atom. The first-order chi connectivity index (χ1) is 15.1. The molecule has 1 aromatic heterocycles. The minimum absolute atomic E-state index is 0.530. The molecule has 1 heterocycles. The lowest BCUT2D eigenvalue weighted by atomic mass is 9.73. The summed E-state index contributed by atoms with van der Waals surface area (Å²) >= 11 is 6.58. The van der Waals surface area contributed by atoms with E-state index < -0.39 is 0 Å². The zero-order chi connectivity index (χ0) is 22.1. The van der Waals surface area contributed by atoms with Crippen molar-refractivity contribution in [3.63, 3.8) is 0 Å². The van der Waals surface area contributed by atoms with E-state index in [0.717, 1.165) is 34.7 Å². The fourth-order valence-corrected chi connectivity index (χ4v) is 5.41. The third kappa shape index (κ3) is 7.04. The Kier molecular flexibility index (Phi) is 9.84. The lowest BCUT2D eigenvalue weighted by molar-refractivity contribution is 0.236. The molecule has 170 valence electrons. The van der Waals surface area contributed by atoms with Gasteiger partial charge in [-0.2, -0.15) is 0 Å². The first-order valence-electron chi connectivity index (χ1n) is 12.7. The van der Waals surface area contributed by atoms with Crippen molar-refractivity contribution in [1.82, 2.24) is 9.97 Å². The second-order valence-corrected chi connectivity index (χ2v) is 10.1. The molecule has 1 atom stereocenters. The predicted octanol–water partition coefficient (Wildman–Crippen LogP) is 9.02. The first kappa shape index (κ1) is 24.2. The molecule has 3 rings (SSSR count). The first-order valence-corrected chi connectivity index (χ1v) is 13.1. The summed E-state index contributed by atoms with van der Waals surface area (Å²) in [4.78, 5) is 9.40. The van der Waals surface area contributed by atoms with E-state index in [4.69, 9.17) is 21.6 Å². The molecule has 0 bridgehead atoms. The van der Waals surface area contributed by atoms with E-state index in [1.807, 2.05) is 12.4 Å². The number of benzene rings is 1. The summed E-state index contributed by atoms with van der Waals surface area (Å²) in [6.45, 7) is 6.89. The van der Waals surface area contributed by atoms with Crippen LogP contribution < -0.4 is 0 Å². The van der Waals surface area contributed by atoms with Gasteiger partial charge < -0.3 is 0 Å². The molecule has 0 amide bonds. The van der Waals surface area contributed by atoms with Gasteiger partial charge in [-0.15, -0.1) is 0 Å². The molecule has 0 N–H and O–H groups in total. The molecular formula is C28H41ClN2. The third-order valence-corrected chi connectivity index (χ3v) is 7.67. The van der Waals surface area contributed by atoms with Crippen molar-refractivity contribution < 1.29 is 0 Å². The molecule has 0 radical (unpaired) electrons. The minimum atomic E-state index is 0.530. The minimum Gasteiger partial charge on any atom is -0.236 e. The summed E-state index contributed by atoms with van der Waals surface area (Å²) in [6, 6.07) is 6.35. The van der Waals surface area contributed by atoms with Crippen molar-refractivity contribution in [3.8, 4) is 11.4 Å². The van der Waals surface area contributed by atoms with Crippen LogP contribution in [-0.4, -0.2) is 9.97 Å². The summed E-state index contributed by atoms with van der Waals surface area (Å²) in [5, 5.41) is 0.760. The van der Waals surface area contributed by atoms with Crippen LogP contribution in [0.4, 0.5) is 0 Å². The highest BCUT2D eigenvalue weighted by atomic mass is 35.5. The SMILES string of the molecule is CCCCCc1ccc(-c2ncc(C(C)C3CCC(CCCCC)CC3)cn2)c(Cl)c1. The van der Waals surface area contributed by atoms with Crippen LogP contribution in [0.1, 0.15) is 108 Å². The van der Waals surface area contributed by atoms with Gasteiger partial charge in [-0.25, -0.2) is 9.97 Å². The highest BCUT2D eigenvalue weighted by Crippen LogP contribution is 2.39. The van der Waals surface area contributed by atoms with E-state index in [-0.39, 0.29) is 0 Å². The highest BCUT2D eigenvalue weighted by molar-refractivity contribution is 6.33. The van der Waals surface area contributed by atoms with Gasteiger partial charge in [-0.05, 0) is 66.7 Å². The maximum absolute atomic E-state index is 6.58. The lowest BCUT2D eigenvalue weighted by Gasteiger charge is -2.32. The van der Waals surface area contributed by atoms with Crippen LogP contribution in [-0.2, 0) is 6.42 Å². The van der Waals surface area contributed by atoms with Crippen molar-refractivity contribution >= 4 is 11.6 Å². The van der Waals surface area contributed by atoms with E-state index in [1.54, 1.807) is 0 Å². The van der Waals surface area contributed by atoms with Gasteiger partial charge in [0, 0.05) is 18.0 Å². The average molecular weight is 441 g/mol. The average Bonchev–Trinajstić information content (AvgIpc) is 2.80. The molecule has 2 nitrogen and oxygen atoms in total. The van der Waals surface area contributed by atoms with Crippen molar-refractivity contribution in [2.45, 2.75) is 104 Å². The maximum atomic E-state index is 6.58. The molecule has 1 fully saturated rings. The molecule has 2 aromatic rings. The number of halogens is 1. The van der Waals surface area contributed by atoms with Gasteiger partial charge in [0.15, 0.2) is 5.82 Å². The topological polar surface area (TPSA) is 25.8 Å². The maximum Gasteiger partial charge on any atom is 0.160 e. The van der Waals surface area contributed by atoms with Crippen molar-refractivity contribution in [3.05, 3.63) is 46.7 Å². The molecule has 1 aromatic carbocycles. The Hall–Kier alpha value is -1.41. The molecule has 1 unspecified atom stereocenters. The number of aromatic nitrogens is 2. The van der Waals surface area contributed by atoms with Crippen molar-refractivity contribution in [1.29, 1.82) is 0 Å². The van der Waals surface area contributed by atoms with E-state index in [9.17, 15) is 0 Å². The van der Waals surface area contributed by atoms with Gasteiger partial charge in [-0.1, -0.05) is 89.8 Å². The van der Waals surface area contributed by atoms with Crippen LogP contribution in [0.2, 0.25) is 5.02 Å². The molecule has 1 saturated carbocycles. The number of aryl methyl sites for hydroxylation is 1. The highest BCUT2D eigenvalue weighted by Gasteiger charge is 2.26. The number of rotatable bonds is 11. The normalized spacial score (nSPS) is 20.0. The zero-order valence-corrected chi connectivity index (χ0v) is 20.6. The predicted molar refractivity (Wildman–Crippen MR) is 134 cm³/mol. The van der Waals surface area contributed by atoms with Gasteiger partial charge in [0.2, 0.25) is 0 Å². The van der Waals surface area contributed by atoms with Crippen LogP contribution in [0.3, 0.4) is 0 Å². The number of hydrogen-bond acceptors (Lipinski definition) is 2. The quantitative estimate of drug-likeness (QED) is 0.325. The zero-order valence-electron chi connectivity index (χ0n) is 19.9. The summed E-state index contributed by atoms with van der Waals surface area (Å²) < 4.78 is 0. The molecule has 1 aliphatic rings. The molecule has 0 aliphatic heterocycles. The Labute approximate surface area is 195 Å². The van der Waals surface area contributed by atoms with Gasteiger partial charge in [0.05, 0.1) is 5.02 Å². The second kappa shape index (κ2) is 12.6. The Morgan fingerprint density at radius 1 is 0.935 bits per heavy atom. The van der Waals surface area contributed by atoms with Crippen molar-refractivity contribution in [2.75, 3.05) is 0 Å². The summed E-state index contributed by atoms with van der Waals surface area (Å²) in [7, 11) is 0. The fourth-order valence-electron chi connectivity index (χ4n) is 5.12. The van der Waals surface area contributed by atoms with Crippen LogP contribution in [0.25, 0.3) is 11.4 Å². The Bertz CT molecular complexity index is 778. The lowest BCUT2D eigenvalue weighted by Crippen LogP contribution is -2.19. The number of nitrogens with zero attached hydrogens (tertiary/aromatic N) is 2. The van der Waals surface area contributed by atoms with Gasteiger partial charge in [0.25, 0.3) is 0 Å². The van der Waals surface area contributed by atoms with Gasteiger partial charge in [0.1, 0.15) is 0 Å². The van der Waals surface area contributed by atoms with Crippen LogP contribution >= 0.6 is 11.6 Å². The molecule has 3 heteroatoms. The van der Waals surface area contributed by atoms with E-state index in [2.05, 4.69) is 39.0 Å². The van der Waals surface area contributed by atoms with E-state index in [1.165, 1.54) is 81.8 Å². The molecule has 0 saturated heterocycles. The summed E-state index contributed by atoms with van der Waals surface area (Å²) in [5.41, 5.74) is 3.51. The van der Waals surface area contributed by atoms with Gasteiger partial charge >= 0.3 is 0 Å². The van der Waals surface area contributed by atoms with Crippen molar-refractivity contribution in [2.24, 2.45) is 11.8 Å². The van der Waals surface area contributed by atoms with E-state index >= 15 is 0 Å². The Balaban J connectivity index is 1.56. The number of unbranched alkanes of at least 4 members (excludes halogenated alkanes) is 4. The fraction of sp³-hybridized carbons (Fsp3) is 0.643. The molecular weight excluding hydrogens is 400 g/mol. The molecule has 0 spiro atoms. The standard InChI is InChI=1S/C28H41ClN2/c1-4-6-8-10-22-12-15-24(16-13-22)21(3)25-19-30-28(31-20-25)26-17-14-23(18-27(26)29)11-9-7-5-2/h14,17-22,24H,4-13,15-16H2,1-3H3. The Morgan fingerprint density at radius 2 is 1.61 bits per heavy atom. The second-order valence-electron chi connectivity index (χ2n) is 9.68. The monoisotopic (exact) mass is 440 g/mol. The smallest absolute Gasteiger partial charge is 0.160 e. The third-order valence-electron chi connectivity index (χ3n) is 7.36. The molecule has 1 aliphatic carbocycles. The largest absolute Gasteiger partial charge is 0.236 e. The van der Waals surface area contributed by atoms with Crippen LogP contribution in [0.5, 0.6) is 0 Å². The number of hydrogen-bond donors (Lipinski definition) is 0.